The van der Waals surface area contributed by atoms with Crippen LogP contribution in [0.3, 0.4) is 0 Å². The van der Waals surface area contributed by atoms with Crippen LogP contribution in [-0.4, -0.2) is 58.4 Å². The minimum atomic E-state index is -0.262. The molecule has 1 amide bonds. The van der Waals surface area contributed by atoms with E-state index < -0.39 is 0 Å². The highest BCUT2D eigenvalue weighted by Crippen LogP contribution is 2.30. The molecule has 28 heavy (non-hydrogen) atoms. The number of imidazole rings is 1. The summed E-state index contributed by atoms with van der Waals surface area (Å²) in [7, 11) is 0. The van der Waals surface area contributed by atoms with Crippen LogP contribution in [0.15, 0.2) is 18.2 Å². The molecule has 7 heteroatoms. The molecule has 148 valence electrons. The van der Waals surface area contributed by atoms with Gasteiger partial charge < -0.3 is 14.8 Å². The summed E-state index contributed by atoms with van der Waals surface area (Å²) in [4.78, 5) is 25.0. The van der Waals surface area contributed by atoms with E-state index in [9.17, 15) is 9.18 Å². The number of halogens is 1. The summed E-state index contributed by atoms with van der Waals surface area (Å²) in [5, 5.41) is 8.70. The Morgan fingerprint density at radius 3 is 2.68 bits per heavy atom. The second-order valence-corrected chi connectivity index (χ2v) is 7.91. The average molecular weight is 383 g/mol. The number of amides is 1. The SMILES string of the molecule is N#CCCN1CCC(C(=O)N2CCC(c3nc4ccc(F)cc4[nH]3)CC2)CC1. The van der Waals surface area contributed by atoms with E-state index in [1.807, 2.05) is 4.90 Å². The second kappa shape index (κ2) is 8.27. The number of hydrogen-bond donors (Lipinski definition) is 1. The standard InChI is InChI=1S/C21H26FN5O/c22-17-2-3-18-19(14-17)25-20(24-18)15-6-12-27(13-7-15)21(28)16-4-10-26(11-5-16)9-1-8-23/h2-3,14-16H,1,4-7,9-13H2,(H,24,25). The number of H-pyrrole nitrogens is 1. The topological polar surface area (TPSA) is 76.0 Å². The van der Waals surface area contributed by atoms with Crippen molar-refractivity contribution in [3.8, 4) is 6.07 Å². The smallest absolute Gasteiger partial charge is 0.225 e. The van der Waals surface area contributed by atoms with E-state index in [0.29, 0.717) is 6.42 Å². The fourth-order valence-electron chi connectivity index (χ4n) is 4.44. The van der Waals surface area contributed by atoms with Gasteiger partial charge in [-0.05, 0) is 57.0 Å². The number of benzene rings is 1. The number of carbonyl (C=O) groups excluding carboxylic acids is 1. The Hall–Kier alpha value is -2.46. The third-order valence-corrected chi connectivity index (χ3v) is 6.13. The lowest BCUT2D eigenvalue weighted by Crippen LogP contribution is -2.45. The predicted octanol–water partition coefficient (Wildman–Crippen LogP) is 3.03. The molecule has 6 nitrogen and oxygen atoms in total. The third kappa shape index (κ3) is 4.02. The predicted molar refractivity (Wildman–Crippen MR) is 104 cm³/mol. The van der Waals surface area contributed by atoms with Crippen LogP contribution in [0.4, 0.5) is 4.39 Å². The molecular formula is C21H26FN5O. The first-order valence-corrected chi connectivity index (χ1v) is 10.2. The zero-order valence-corrected chi connectivity index (χ0v) is 16.0. The molecule has 0 unspecified atom stereocenters. The molecule has 1 aromatic carbocycles. The quantitative estimate of drug-likeness (QED) is 0.880. The summed E-state index contributed by atoms with van der Waals surface area (Å²) in [6.45, 7) is 4.13. The van der Waals surface area contributed by atoms with Crippen LogP contribution in [-0.2, 0) is 4.79 Å². The summed E-state index contributed by atoms with van der Waals surface area (Å²) < 4.78 is 13.4. The van der Waals surface area contributed by atoms with Gasteiger partial charge in [-0.2, -0.15) is 5.26 Å². The fraction of sp³-hybridized carbons (Fsp3) is 0.571. The van der Waals surface area contributed by atoms with Crippen molar-refractivity contribution in [2.45, 2.75) is 38.0 Å². The molecule has 0 saturated carbocycles. The molecule has 4 rings (SSSR count). The van der Waals surface area contributed by atoms with E-state index in [-0.39, 0.29) is 23.6 Å². The monoisotopic (exact) mass is 383 g/mol. The van der Waals surface area contributed by atoms with Crippen LogP contribution in [0.5, 0.6) is 0 Å². The number of nitriles is 1. The number of aromatic amines is 1. The highest BCUT2D eigenvalue weighted by atomic mass is 19.1. The van der Waals surface area contributed by atoms with Crippen LogP contribution in [0.2, 0.25) is 0 Å². The molecule has 0 spiro atoms. The first-order chi connectivity index (χ1) is 13.6. The van der Waals surface area contributed by atoms with Crippen molar-refractivity contribution in [2.75, 3.05) is 32.7 Å². The van der Waals surface area contributed by atoms with Crippen LogP contribution in [0, 0.1) is 23.1 Å². The molecule has 1 N–H and O–H groups in total. The number of hydrogen-bond acceptors (Lipinski definition) is 4. The van der Waals surface area contributed by atoms with Crippen molar-refractivity contribution in [1.29, 1.82) is 5.26 Å². The molecule has 2 aliphatic rings. The zero-order chi connectivity index (χ0) is 19.5. The van der Waals surface area contributed by atoms with E-state index >= 15 is 0 Å². The van der Waals surface area contributed by atoms with Gasteiger partial charge in [-0.1, -0.05) is 0 Å². The van der Waals surface area contributed by atoms with E-state index in [2.05, 4.69) is 20.9 Å². The number of aromatic nitrogens is 2. The number of piperidine rings is 2. The van der Waals surface area contributed by atoms with Crippen molar-refractivity contribution >= 4 is 16.9 Å². The van der Waals surface area contributed by atoms with Crippen LogP contribution < -0.4 is 0 Å². The van der Waals surface area contributed by atoms with Crippen LogP contribution in [0.1, 0.15) is 43.8 Å². The normalized spacial score (nSPS) is 19.8. The zero-order valence-electron chi connectivity index (χ0n) is 16.0. The largest absolute Gasteiger partial charge is 0.342 e. The van der Waals surface area contributed by atoms with Crippen LogP contribution >= 0.6 is 0 Å². The minimum Gasteiger partial charge on any atom is -0.342 e. The lowest BCUT2D eigenvalue weighted by molar-refractivity contribution is -0.138. The maximum absolute atomic E-state index is 13.4. The van der Waals surface area contributed by atoms with Gasteiger partial charge in [-0.25, -0.2) is 9.37 Å². The Labute approximate surface area is 164 Å². The Kier molecular flexibility index (Phi) is 5.58. The Morgan fingerprint density at radius 2 is 1.96 bits per heavy atom. The molecule has 3 heterocycles. The Morgan fingerprint density at radius 1 is 1.21 bits per heavy atom. The Balaban J connectivity index is 1.30. The summed E-state index contributed by atoms with van der Waals surface area (Å²) >= 11 is 0. The van der Waals surface area contributed by atoms with Gasteiger partial charge in [0.05, 0.1) is 17.1 Å². The lowest BCUT2D eigenvalue weighted by Gasteiger charge is -2.36. The van der Waals surface area contributed by atoms with E-state index in [4.69, 9.17) is 5.26 Å². The van der Waals surface area contributed by atoms with Crippen molar-refractivity contribution in [2.24, 2.45) is 5.92 Å². The Bertz CT molecular complexity index is 873. The van der Waals surface area contributed by atoms with Crippen molar-refractivity contribution in [3.63, 3.8) is 0 Å². The van der Waals surface area contributed by atoms with Gasteiger partial charge in [0.1, 0.15) is 11.6 Å². The maximum atomic E-state index is 13.4. The van der Waals surface area contributed by atoms with Crippen molar-refractivity contribution in [3.05, 3.63) is 29.8 Å². The minimum absolute atomic E-state index is 0.115. The number of nitrogens with zero attached hydrogens (tertiary/aromatic N) is 4. The molecule has 0 atom stereocenters. The summed E-state index contributed by atoms with van der Waals surface area (Å²) in [5.74, 6) is 1.32. The molecule has 2 aromatic rings. The summed E-state index contributed by atoms with van der Waals surface area (Å²) in [5.41, 5.74) is 1.52. The molecule has 0 radical (unpaired) electrons. The molecule has 2 aliphatic heterocycles. The first kappa shape index (κ1) is 18.9. The first-order valence-electron chi connectivity index (χ1n) is 10.2. The van der Waals surface area contributed by atoms with Gasteiger partial charge in [-0.15, -0.1) is 0 Å². The van der Waals surface area contributed by atoms with Gasteiger partial charge in [0.2, 0.25) is 5.91 Å². The number of carbonyl (C=O) groups is 1. The molecule has 1 aromatic heterocycles. The number of likely N-dealkylation sites (tertiary alicyclic amines) is 2. The van der Waals surface area contributed by atoms with Gasteiger partial charge in [0.15, 0.2) is 0 Å². The number of nitrogens with one attached hydrogen (secondary N) is 1. The van der Waals surface area contributed by atoms with Gasteiger partial charge >= 0.3 is 0 Å². The number of fused-ring (bicyclic) bond motifs is 1. The molecule has 0 aliphatic carbocycles. The van der Waals surface area contributed by atoms with Gasteiger partial charge in [-0.3, -0.25) is 4.79 Å². The van der Waals surface area contributed by atoms with Crippen LogP contribution in [0.25, 0.3) is 11.0 Å². The number of rotatable bonds is 4. The van der Waals surface area contributed by atoms with E-state index in [1.54, 1.807) is 6.07 Å². The molecule has 2 fully saturated rings. The van der Waals surface area contributed by atoms with Crippen molar-refractivity contribution in [1.82, 2.24) is 19.8 Å². The van der Waals surface area contributed by atoms with E-state index in [0.717, 1.165) is 75.3 Å². The average Bonchev–Trinajstić information content (AvgIpc) is 3.15. The highest BCUT2D eigenvalue weighted by molar-refractivity contribution is 5.79. The summed E-state index contributed by atoms with van der Waals surface area (Å²) in [6, 6.07) is 6.80. The maximum Gasteiger partial charge on any atom is 0.225 e. The second-order valence-electron chi connectivity index (χ2n) is 7.91. The van der Waals surface area contributed by atoms with Gasteiger partial charge in [0.25, 0.3) is 0 Å². The van der Waals surface area contributed by atoms with Gasteiger partial charge in [0, 0.05) is 37.9 Å². The molecule has 2 saturated heterocycles. The lowest BCUT2D eigenvalue weighted by atomic mass is 9.91. The molecule has 0 bridgehead atoms. The fourth-order valence-corrected chi connectivity index (χ4v) is 4.44. The molecular weight excluding hydrogens is 357 g/mol. The van der Waals surface area contributed by atoms with E-state index in [1.165, 1.54) is 12.1 Å². The van der Waals surface area contributed by atoms with Crippen molar-refractivity contribution < 1.29 is 9.18 Å². The summed E-state index contributed by atoms with van der Waals surface area (Å²) in [6.07, 6.45) is 4.10. The highest BCUT2D eigenvalue weighted by Gasteiger charge is 2.31. The third-order valence-electron chi connectivity index (χ3n) is 6.13.